The van der Waals surface area contributed by atoms with E-state index in [1.165, 1.54) is 0 Å². The van der Waals surface area contributed by atoms with Gasteiger partial charge in [-0.05, 0) is 6.42 Å². The lowest BCUT2D eigenvalue weighted by Gasteiger charge is -2.34. The second-order valence-electron chi connectivity index (χ2n) is 6.43. The smallest absolute Gasteiger partial charge is 0.460 e. The lowest BCUT2D eigenvalue weighted by molar-refractivity contribution is -0.397. The Labute approximate surface area is 159 Å². The second kappa shape index (κ2) is 9.69. The number of aliphatic carboxylic acids is 1. The molecule has 1 fully saturated rings. The predicted molar refractivity (Wildman–Crippen MR) is 79.4 cm³/mol. The van der Waals surface area contributed by atoms with Crippen LogP contribution in [0.2, 0.25) is 0 Å². The predicted octanol–water partition coefficient (Wildman–Crippen LogP) is 3.43. The highest BCUT2D eigenvalue weighted by atomic mass is 19.4. The van der Waals surface area contributed by atoms with Crippen molar-refractivity contribution in [3.63, 3.8) is 0 Å². The standard InChI is InChI=1S/C15H20F9NO4/c16-12(17,13(18,19)14(20,21)15(22,23)24)2-1-10(9-11(26)27)29-8-5-25-3-6-28-7-4-25/h10H,1-9H2,(H,26,27). The van der Waals surface area contributed by atoms with Gasteiger partial charge in [0.1, 0.15) is 0 Å². The molecule has 1 atom stereocenters. The van der Waals surface area contributed by atoms with Gasteiger partial charge in [-0.15, -0.1) is 0 Å². The van der Waals surface area contributed by atoms with E-state index in [1.54, 1.807) is 0 Å². The van der Waals surface area contributed by atoms with E-state index in [4.69, 9.17) is 14.6 Å². The Morgan fingerprint density at radius 3 is 2.03 bits per heavy atom. The molecule has 1 unspecified atom stereocenters. The summed E-state index contributed by atoms with van der Waals surface area (Å²) in [6.07, 6.45) is -12.7. The first-order valence-corrected chi connectivity index (χ1v) is 8.45. The number of halogens is 9. The molecule has 1 aliphatic rings. The largest absolute Gasteiger partial charge is 0.481 e. The van der Waals surface area contributed by atoms with Crippen LogP contribution in [0.1, 0.15) is 19.3 Å². The summed E-state index contributed by atoms with van der Waals surface area (Å²) in [6.45, 7) is 1.94. The van der Waals surface area contributed by atoms with Crippen LogP contribution in [0.25, 0.3) is 0 Å². The molecule has 0 spiro atoms. The summed E-state index contributed by atoms with van der Waals surface area (Å²) in [4.78, 5) is 12.6. The number of carboxylic acid groups (broad SMARTS) is 1. The highest BCUT2D eigenvalue weighted by Gasteiger charge is 2.81. The van der Waals surface area contributed by atoms with Gasteiger partial charge in [-0.25, -0.2) is 0 Å². The van der Waals surface area contributed by atoms with Crippen LogP contribution in [0, 0.1) is 0 Å². The van der Waals surface area contributed by atoms with Gasteiger partial charge in [0.15, 0.2) is 0 Å². The quantitative estimate of drug-likeness (QED) is 0.490. The van der Waals surface area contributed by atoms with Crippen molar-refractivity contribution in [1.29, 1.82) is 0 Å². The van der Waals surface area contributed by atoms with E-state index in [0.717, 1.165) is 0 Å². The Bertz CT molecular complexity index is 536. The first-order chi connectivity index (χ1) is 13.1. The second-order valence-corrected chi connectivity index (χ2v) is 6.43. The van der Waals surface area contributed by atoms with Gasteiger partial charge in [0.25, 0.3) is 0 Å². The lowest BCUT2D eigenvalue weighted by Crippen LogP contribution is -2.60. The Hall–Kier alpha value is -1.28. The summed E-state index contributed by atoms with van der Waals surface area (Å²) < 4.78 is 126. The zero-order valence-corrected chi connectivity index (χ0v) is 15.0. The maximum atomic E-state index is 13.6. The molecule has 1 N–H and O–H groups in total. The third-order valence-electron chi connectivity index (χ3n) is 4.26. The lowest BCUT2D eigenvalue weighted by atomic mass is 9.97. The molecular formula is C15H20F9NO4. The van der Waals surface area contributed by atoms with Crippen LogP contribution in [-0.2, 0) is 14.3 Å². The molecule has 0 bridgehead atoms. The average molecular weight is 449 g/mol. The van der Waals surface area contributed by atoms with E-state index < -0.39 is 55.3 Å². The molecular weight excluding hydrogens is 429 g/mol. The summed E-state index contributed by atoms with van der Waals surface area (Å²) in [6, 6.07) is 0. The normalized spacial score (nSPS) is 18.7. The summed E-state index contributed by atoms with van der Waals surface area (Å²) in [5, 5.41) is 8.75. The molecule has 0 aromatic rings. The maximum absolute atomic E-state index is 13.6. The average Bonchev–Trinajstić information content (AvgIpc) is 2.58. The van der Waals surface area contributed by atoms with Crippen LogP contribution < -0.4 is 0 Å². The minimum absolute atomic E-state index is 0.182. The summed E-state index contributed by atoms with van der Waals surface area (Å²) >= 11 is 0. The first kappa shape index (κ1) is 25.8. The van der Waals surface area contributed by atoms with E-state index in [9.17, 15) is 44.3 Å². The zero-order chi connectivity index (χ0) is 22.5. The fourth-order valence-electron chi connectivity index (χ4n) is 2.52. The van der Waals surface area contributed by atoms with Gasteiger partial charge in [0.2, 0.25) is 0 Å². The minimum Gasteiger partial charge on any atom is -0.481 e. The van der Waals surface area contributed by atoms with Crippen molar-refractivity contribution < 1.29 is 58.9 Å². The minimum atomic E-state index is -6.97. The van der Waals surface area contributed by atoms with Crippen molar-refractivity contribution in [1.82, 2.24) is 4.90 Å². The Balaban J connectivity index is 2.71. The van der Waals surface area contributed by atoms with Crippen molar-refractivity contribution in [2.45, 2.75) is 49.3 Å². The molecule has 1 saturated heterocycles. The fraction of sp³-hybridized carbons (Fsp3) is 0.933. The third-order valence-corrected chi connectivity index (χ3v) is 4.26. The molecule has 1 aliphatic heterocycles. The van der Waals surface area contributed by atoms with E-state index in [2.05, 4.69) is 0 Å². The maximum Gasteiger partial charge on any atom is 0.460 e. The van der Waals surface area contributed by atoms with Gasteiger partial charge >= 0.3 is 29.9 Å². The molecule has 0 saturated carbocycles. The molecule has 14 heteroatoms. The van der Waals surface area contributed by atoms with Gasteiger partial charge in [-0.1, -0.05) is 0 Å². The Kier molecular flexibility index (Phi) is 8.60. The van der Waals surface area contributed by atoms with Crippen molar-refractivity contribution in [3.05, 3.63) is 0 Å². The van der Waals surface area contributed by atoms with Gasteiger partial charge in [0.05, 0.1) is 32.3 Å². The van der Waals surface area contributed by atoms with Gasteiger partial charge in [-0.3, -0.25) is 9.69 Å². The van der Waals surface area contributed by atoms with E-state index in [1.807, 2.05) is 4.90 Å². The summed E-state index contributed by atoms with van der Waals surface area (Å²) in [5.41, 5.74) is 0. The van der Waals surface area contributed by atoms with E-state index >= 15 is 0 Å². The molecule has 0 aromatic heterocycles. The highest BCUT2D eigenvalue weighted by molar-refractivity contribution is 5.67. The molecule has 1 rings (SSSR count). The van der Waals surface area contributed by atoms with Crippen molar-refractivity contribution in [3.8, 4) is 0 Å². The zero-order valence-electron chi connectivity index (χ0n) is 15.0. The van der Waals surface area contributed by atoms with Crippen LogP contribution in [0.4, 0.5) is 39.5 Å². The molecule has 0 aliphatic carbocycles. The number of nitrogens with zero attached hydrogens (tertiary/aromatic N) is 1. The Morgan fingerprint density at radius 2 is 1.55 bits per heavy atom. The van der Waals surface area contributed by atoms with E-state index in [0.29, 0.717) is 26.3 Å². The fourth-order valence-corrected chi connectivity index (χ4v) is 2.52. The van der Waals surface area contributed by atoms with Crippen LogP contribution >= 0.6 is 0 Å². The van der Waals surface area contributed by atoms with Crippen LogP contribution in [-0.4, -0.2) is 85.5 Å². The number of hydrogen-bond acceptors (Lipinski definition) is 4. The van der Waals surface area contributed by atoms with Crippen molar-refractivity contribution >= 4 is 5.97 Å². The molecule has 0 aromatic carbocycles. The number of morpholine rings is 1. The SMILES string of the molecule is O=C(O)CC(CCC(F)(F)C(F)(F)C(F)(F)C(F)(F)F)OCCN1CCOCC1. The van der Waals surface area contributed by atoms with Gasteiger partial charge < -0.3 is 14.6 Å². The number of alkyl halides is 9. The number of hydrogen-bond donors (Lipinski definition) is 1. The number of rotatable bonds is 11. The molecule has 29 heavy (non-hydrogen) atoms. The first-order valence-electron chi connectivity index (χ1n) is 8.45. The number of ether oxygens (including phenoxy) is 2. The number of carboxylic acids is 1. The topological polar surface area (TPSA) is 59.0 Å². The summed E-state index contributed by atoms with van der Waals surface area (Å²) in [5.74, 6) is -21.0. The molecule has 1 heterocycles. The highest BCUT2D eigenvalue weighted by Crippen LogP contribution is 2.54. The van der Waals surface area contributed by atoms with Gasteiger partial charge in [-0.2, -0.15) is 39.5 Å². The van der Waals surface area contributed by atoms with Gasteiger partial charge in [0, 0.05) is 26.1 Å². The van der Waals surface area contributed by atoms with Crippen molar-refractivity contribution in [2.75, 3.05) is 39.5 Å². The van der Waals surface area contributed by atoms with Crippen molar-refractivity contribution in [2.24, 2.45) is 0 Å². The molecule has 0 amide bonds. The summed E-state index contributed by atoms with van der Waals surface area (Å²) in [7, 11) is 0. The Morgan fingerprint density at radius 1 is 1.00 bits per heavy atom. The third kappa shape index (κ3) is 6.60. The molecule has 0 radical (unpaired) electrons. The van der Waals surface area contributed by atoms with Crippen LogP contribution in [0.3, 0.4) is 0 Å². The number of carbonyl (C=O) groups is 1. The van der Waals surface area contributed by atoms with Crippen LogP contribution in [0.15, 0.2) is 0 Å². The van der Waals surface area contributed by atoms with E-state index in [-0.39, 0.29) is 13.2 Å². The monoisotopic (exact) mass is 449 g/mol. The molecule has 5 nitrogen and oxygen atoms in total. The molecule has 172 valence electrons. The van der Waals surface area contributed by atoms with Crippen LogP contribution in [0.5, 0.6) is 0 Å².